The van der Waals surface area contributed by atoms with Gasteiger partial charge in [-0.3, -0.25) is 10.3 Å². The highest BCUT2D eigenvalue weighted by Crippen LogP contribution is 2.22. The van der Waals surface area contributed by atoms with Crippen LogP contribution in [0.3, 0.4) is 0 Å². The Hall–Kier alpha value is -3.16. The Morgan fingerprint density at radius 2 is 2.05 bits per heavy atom. The Morgan fingerprint density at radius 3 is 2.67 bits per heavy atom. The van der Waals surface area contributed by atoms with E-state index < -0.39 is 12.0 Å². The van der Waals surface area contributed by atoms with Crippen molar-refractivity contribution >= 4 is 23.5 Å². The fraction of sp³-hybridized carbons (Fsp3) is 0.0769. The minimum Gasteiger partial charge on any atom is -0.497 e. The number of urea groups is 1. The van der Waals surface area contributed by atoms with Crippen LogP contribution in [-0.2, 0) is 0 Å². The largest absolute Gasteiger partial charge is 0.497 e. The molecule has 0 aliphatic heterocycles. The molecule has 2 amide bonds. The molecule has 3 N–H and O–H groups in total. The number of rotatable bonds is 4. The van der Waals surface area contributed by atoms with Crippen LogP contribution in [0.25, 0.3) is 0 Å². The van der Waals surface area contributed by atoms with Crippen LogP contribution >= 0.6 is 0 Å². The second-order valence-electron chi connectivity index (χ2n) is 3.89. The van der Waals surface area contributed by atoms with E-state index in [-0.39, 0.29) is 17.1 Å². The number of anilines is 2. The van der Waals surface area contributed by atoms with E-state index in [0.717, 1.165) is 0 Å². The third-order valence-corrected chi connectivity index (χ3v) is 2.51. The number of aromatic carboxylic acids is 1. The predicted molar refractivity (Wildman–Crippen MR) is 74.6 cm³/mol. The van der Waals surface area contributed by atoms with Gasteiger partial charge in [0.25, 0.3) is 0 Å². The van der Waals surface area contributed by atoms with Crippen LogP contribution in [0.2, 0.25) is 0 Å². The number of aromatic nitrogens is 2. The van der Waals surface area contributed by atoms with Crippen molar-refractivity contribution in [3.63, 3.8) is 0 Å². The molecule has 2 rings (SSSR count). The zero-order valence-corrected chi connectivity index (χ0v) is 11.0. The number of methoxy groups -OCH3 is 1. The lowest BCUT2D eigenvalue weighted by atomic mass is 10.1. The average molecular weight is 288 g/mol. The molecule has 8 nitrogen and oxygen atoms in total. The van der Waals surface area contributed by atoms with Crippen LogP contribution in [0.4, 0.5) is 16.3 Å². The first-order valence-electron chi connectivity index (χ1n) is 5.85. The molecule has 0 atom stereocenters. The fourth-order valence-corrected chi connectivity index (χ4v) is 1.57. The van der Waals surface area contributed by atoms with Gasteiger partial charge in [-0.1, -0.05) is 0 Å². The quantitative estimate of drug-likeness (QED) is 0.791. The van der Waals surface area contributed by atoms with Crippen LogP contribution < -0.4 is 15.4 Å². The van der Waals surface area contributed by atoms with Gasteiger partial charge < -0.3 is 15.2 Å². The SMILES string of the molecule is COc1ccc(NC(=O)Nc2cnccn2)c(C(=O)O)c1. The van der Waals surface area contributed by atoms with Crippen molar-refractivity contribution in [3.8, 4) is 5.75 Å². The summed E-state index contributed by atoms with van der Waals surface area (Å²) in [5.41, 5.74) is 0.0633. The van der Waals surface area contributed by atoms with Crippen LogP contribution in [0, 0.1) is 0 Å². The smallest absolute Gasteiger partial charge is 0.337 e. The lowest BCUT2D eigenvalue weighted by molar-refractivity contribution is 0.0697. The maximum atomic E-state index is 11.8. The highest BCUT2D eigenvalue weighted by atomic mass is 16.5. The topological polar surface area (TPSA) is 113 Å². The van der Waals surface area contributed by atoms with E-state index in [2.05, 4.69) is 20.6 Å². The number of benzene rings is 1. The molecule has 1 aromatic heterocycles. The molecular weight excluding hydrogens is 276 g/mol. The molecule has 0 fully saturated rings. The number of hydrogen-bond acceptors (Lipinski definition) is 5. The molecule has 0 aliphatic rings. The van der Waals surface area contributed by atoms with Crippen molar-refractivity contribution in [1.82, 2.24) is 9.97 Å². The summed E-state index contributed by atoms with van der Waals surface area (Å²) < 4.78 is 4.95. The molecule has 0 unspecified atom stereocenters. The average Bonchev–Trinajstić information content (AvgIpc) is 2.48. The highest BCUT2D eigenvalue weighted by molar-refractivity contribution is 6.04. The predicted octanol–water partition coefficient (Wildman–Crippen LogP) is 1.83. The number of ether oxygens (including phenoxy) is 1. The zero-order chi connectivity index (χ0) is 15.2. The summed E-state index contributed by atoms with van der Waals surface area (Å²) in [5, 5.41) is 14.0. The summed E-state index contributed by atoms with van der Waals surface area (Å²) in [6.07, 6.45) is 4.26. The molecule has 0 bridgehead atoms. The summed E-state index contributed by atoms with van der Waals surface area (Å²) in [4.78, 5) is 30.6. The molecule has 1 aromatic carbocycles. The molecule has 21 heavy (non-hydrogen) atoms. The minimum absolute atomic E-state index is 0.0800. The Kier molecular flexibility index (Phi) is 4.30. The van der Waals surface area contributed by atoms with Gasteiger partial charge in [0.15, 0.2) is 5.82 Å². The van der Waals surface area contributed by atoms with Crippen molar-refractivity contribution in [2.24, 2.45) is 0 Å². The third kappa shape index (κ3) is 3.66. The van der Waals surface area contributed by atoms with Gasteiger partial charge in [-0.15, -0.1) is 0 Å². The first-order valence-corrected chi connectivity index (χ1v) is 5.85. The summed E-state index contributed by atoms with van der Waals surface area (Å²) in [7, 11) is 1.43. The van der Waals surface area contributed by atoms with E-state index in [9.17, 15) is 9.59 Å². The maximum absolute atomic E-state index is 11.8. The van der Waals surface area contributed by atoms with Crippen molar-refractivity contribution in [2.75, 3.05) is 17.7 Å². The van der Waals surface area contributed by atoms with Crippen molar-refractivity contribution < 1.29 is 19.4 Å². The van der Waals surface area contributed by atoms with E-state index in [1.54, 1.807) is 6.07 Å². The van der Waals surface area contributed by atoms with E-state index in [1.165, 1.54) is 37.8 Å². The number of carboxylic acid groups (broad SMARTS) is 1. The van der Waals surface area contributed by atoms with Crippen LogP contribution in [0.15, 0.2) is 36.8 Å². The standard InChI is InChI=1S/C13H12N4O4/c1-21-8-2-3-10(9(6-8)12(18)19)16-13(20)17-11-7-14-4-5-15-11/h2-7H,1H3,(H,18,19)(H2,15,16,17,20). The Balaban J connectivity index is 2.15. The number of carboxylic acids is 1. The first-order chi connectivity index (χ1) is 10.1. The summed E-state index contributed by atoms with van der Waals surface area (Å²) in [5.74, 6) is -0.545. The highest BCUT2D eigenvalue weighted by Gasteiger charge is 2.14. The van der Waals surface area contributed by atoms with Gasteiger partial charge in [-0.05, 0) is 18.2 Å². The zero-order valence-electron chi connectivity index (χ0n) is 11.0. The molecule has 0 spiro atoms. The van der Waals surface area contributed by atoms with Crippen molar-refractivity contribution in [2.45, 2.75) is 0 Å². The lowest BCUT2D eigenvalue weighted by Gasteiger charge is -2.10. The summed E-state index contributed by atoms with van der Waals surface area (Å²) in [6.45, 7) is 0. The number of carbonyl (C=O) groups excluding carboxylic acids is 1. The van der Waals surface area contributed by atoms with Gasteiger partial charge in [0.1, 0.15) is 5.75 Å². The van der Waals surface area contributed by atoms with Crippen molar-refractivity contribution in [1.29, 1.82) is 0 Å². The molecule has 8 heteroatoms. The molecule has 0 radical (unpaired) electrons. The molecule has 0 aliphatic carbocycles. The van der Waals surface area contributed by atoms with Gasteiger partial charge in [0, 0.05) is 12.4 Å². The molecule has 108 valence electrons. The van der Waals surface area contributed by atoms with Gasteiger partial charge in [0.05, 0.1) is 24.6 Å². The maximum Gasteiger partial charge on any atom is 0.337 e. The number of amides is 2. The van der Waals surface area contributed by atoms with Crippen LogP contribution in [-0.4, -0.2) is 34.2 Å². The third-order valence-electron chi connectivity index (χ3n) is 2.51. The van der Waals surface area contributed by atoms with Gasteiger partial charge in [-0.25, -0.2) is 14.6 Å². The van der Waals surface area contributed by atoms with Gasteiger partial charge in [-0.2, -0.15) is 0 Å². The monoisotopic (exact) mass is 288 g/mol. The summed E-state index contributed by atoms with van der Waals surface area (Å²) >= 11 is 0. The molecule has 1 heterocycles. The molecular formula is C13H12N4O4. The lowest BCUT2D eigenvalue weighted by Crippen LogP contribution is -2.21. The first kappa shape index (κ1) is 14.3. The minimum atomic E-state index is -1.18. The van der Waals surface area contributed by atoms with E-state index in [1.807, 2.05) is 0 Å². The second-order valence-corrected chi connectivity index (χ2v) is 3.89. The number of carbonyl (C=O) groups is 2. The van der Waals surface area contributed by atoms with Gasteiger partial charge in [0.2, 0.25) is 0 Å². The molecule has 0 saturated carbocycles. The number of nitrogens with zero attached hydrogens (tertiary/aromatic N) is 2. The van der Waals surface area contributed by atoms with Crippen LogP contribution in [0.1, 0.15) is 10.4 Å². The molecule has 0 saturated heterocycles. The van der Waals surface area contributed by atoms with Crippen molar-refractivity contribution in [3.05, 3.63) is 42.4 Å². The van der Waals surface area contributed by atoms with Gasteiger partial charge >= 0.3 is 12.0 Å². The Morgan fingerprint density at radius 1 is 1.24 bits per heavy atom. The van der Waals surface area contributed by atoms with E-state index in [0.29, 0.717) is 5.75 Å². The summed E-state index contributed by atoms with van der Waals surface area (Å²) in [6, 6.07) is 3.69. The van der Waals surface area contributed by atoms with E-state index in [4.69, 9.17) is 9.84 Å². The normalized spacial score (nSPS) is 9.76. The molecule has 2 aromatic rings. The number of hydrogen-bond donors (Lipinski definition) is 3. The Bertz CT molecular complexity index is 660. The van der Waals surface area contributed by atoms with Crippen LogP contribution in [0.5, 0.6) is 5.75 Å². The fourth-order valence-electron chi connectivity index (χ4n) is 1.57. The second kappa shape index (κ2) is 6.33. The van der Waals surface area contributed by atoms with E-state index >= 15 is 0 Å². The number of nitrogens with one attached hydrogen (secondary N) is 2. The Labute approximate surface area is 119 Å².